The van der Waals surface area contributed by atoms with E-state index < -0.39 is 0 Å². The Hall–Kier alpha value is -2.34. The average molecular weight is 274 g/mol. The SMILES string of the molecule is CN(C)CCNc1ccc(NC(=O)c2ccco2)cn1. The first-order chi connectivity index (χ1) is 9.65. The highest BCUT2D eigenvalue weighted by Crippen LogP contribution is 2.11. The van der Waals surface area contributed by atoms with Crippen molar-refractivity contribution in [1.29, 1.82) is 0 Å². The molecule has 0 aliphatic carbocycles. The van der Waals surface area contributed by atoms with E-state index in [-0.39, 0.29) is 11.7 Å². The molecule has 20 heavy (non-hydrogen) atoms. The lowest BCUT2D eigenvalue weighted by molar-refractivity contribution is 0.0996. The summed E-state index contributed by atoms with van der Waals surface area (Å²) in [5.74, 6) is 0.770. The zero-order chi connectivity index (χ0) is 14.4. The van der Waals surface area contributed by atoms with E-state index in [0.717, 1.165) is 18.9 Å². The van der Waals surface area contributed by atoms with E-state index in [9.17, 15) is 4.79 Å². The van der Waals surface area contributed by atoms with Crippen LogP contribution in [0.25, 0.3) is 0 Å². The van der Waals surface area contributed by atoms with Crippen LogP contribution in [0.4, 0.5) is 11.5 Å². The van der Waals surface area contributed by atoms with E-state index in [0.29, 0.717) is 5.69 Å². The predicted molar refractivity (Wildman–Crippen MR) is 77.9 cm³/mol. The van der Waals surface area contributed by atoms with Gasteiger partial charge in [-0.1, -0.05) is 0 Å². The lowest BCUT2D eigenvalue weighted by atomic mass is 10.3. The Morgan fingerprint density at radius 1 is 1.35 bits per heavy atom. The smallest absolute Gasteiger partial charge is 0.291 e. The lowest BCUT2D eigenvalue weighted by Crippen LogP contribution is -2.21. The van der Waals surface area contributed by atoms with Crippen molar-refractivity contribution in [3.8, 4) is 0 Å². The third kappa shape index (κ3) is 4.10. The van der Waals surface area contributed by atoms with Crippen LogP contribution in [0.3, 0.4) is 0 Å². The predicted octanol–water partition coefficient (Wildman–Crippen LogP) is 1.90. The minimum Gasteiger partial charge on any atom is -0.459 e. The molecule has 0 aliphatic rings. The highest BCUT2D eigenvalue weighted by atomic mass is 16.3. The number of furan rings is 1. The molecule has 0 aliphatic heterocycles. The van der Waals surface area contributed by atoms with Crippen LogP contribution in [0.2, 0.25) is 0 Å². The van der Waals surface area contributed by atoms with E-state index in [1.165, 1.54) is 6.26 Å². The number of carbonyl (C=O) groups excluding carboxylic acids is 1. The van der Waals surface area contributed by atoms with Crippen LogP contribution in [0.15, 0.2) is 41.1 Å². The van der Waals surface area contributed by atoms with Gasteiger partial charge in [0.1, 0.15) is 5.82 Å². The van der Waals surface area contributed by atoms with Crippen molar-refractivity contribution in [3.63, 3.8) is 0 Å². The second-order valence-electron chi connectivity index (χ2n) is 4.59. The van der Waals surface area contributed by atoms with Gasteiger partial charge in [-0.25, -0.2) is 4.98 Å². The fourth-order valence-electron chi connectivity index (χ4n) is 1.58. The van der Waals surface area contributed by atoms with Crippen LogP contribution in [0.5, 0.6) is 0 Å². The highest BCUT2D eigenvalue weighted by molar-refractivity contribution is 6.02. The summed E-state index contributed by atoms with van der Waals surface area (Å²) in [6, 6.07) is 6.91. The van der Waals surface area contributed by atoms with Crippen LogP contribution in [-0.2, 0) is 0 Å². The van der Waals surface area contributed by atoms with Gasteiger partial charge in [0.15, 0.2) is 5.76 Å². The minimum absolute atomic E-state index is 0.276. The summed E-state index contributed by atoms with van der Waals surface area (Å²) in [6.07, 6.45) is 3.07. The van der Waals surface area contributed by atoms with E-state index in [2.05, 4.69) is 20.5 Å². The van der Waals surface area contributed by atoms with Gasteiger partial charge in [-0.3, -0.25) is 4.79 Å². The number of carbonyl (C=O) groups is 1. The Bertz CT molecular complexity index is 535. The monoisotopic (exact) mass is 274 g/mol. The zero-order valence-electron chi connectivity index (χ0n) is 11.6. The van der Waals surface area contributed by atoms with Gasteiger partial charge in [-0.05, 0) is 38.4 Å². The maximum atomic E-state index is 11.8. The first kappa shape index (κ1) is 14.1. The molecule has 106 valence electrons. The number of hydrogen-bond acceptors (Lipinski definition) is 5. The van der Waals surface area contributed by atoms with Gasteiger partial charge in [-0.15, -0.1) is 0 Å². The molecule has 2 rings (SSSR count). The molecule has 1 amide bonds. The average Bonchev–Trinajstić information content (AvgIpc) is 2.94. The normalized spacial score (nSPS) is 10.6. The van der Waals surface area contributed by atoms with Crippen molar-refractivity contribution in [3.05, 3.63) is 42.5 Å². The molecular formula is C14H18N4O2. The van der Waals surface area contributed by atoms with Crippen LogP contribution in [0, 0.1) is 0 Å². The Morgan fingerprint density at radius 3 is 2.80 bits per heavy atom. The van der Waals surface area contributed by atoms with Gasteiger partial charge in [0.05, 0.1) is 18.1 Å². The number of anilines is 2. The molecule has 2 heterocycles. The quantitative estimate of drug-likeness (QED) is 0.842. The molecular weight excluding hydrogens is 256 g/mol. The molecule has 0 saturated heterocycles. The largest absolute Gasteiger partial charge is 0.459 e. The van der Waals surface area contributed by atoms with E-state index in [1.54, 1.807) is 24.4 Å². The van der Waals surface area contributed by atoms with E-state index in [1.807, 2.05) is 20.2 Å². The van der Waals surface area contributed by atoms with Gasteiger partial charge in [0.25, 0.3) is 5.91 Å². The molecule has 0 bridgehead atoms. The van der Waals surface area contributed by atoms with Crippen molar-refractivity contribution in [2.24, 2.45) is 0 Å². The number of nitrogens with one attached hydrogen (secondary N) is 2. The first-order valence-electron chi connectivity index (χ1n) is 6.34. The van der Waals surface area contributed by atoms with Crippen molar-refractivity contribution in [2.75, 3.05) is 37.8 Å². The molecule has 0 radical (unpaired) electrons. The number of pyridine rings is 1. The van der Waals surface area contributed by atoms with Crippen LogP contribution in [0.1, 0.15) is 10.6 Å². The van der Waals surface area contributed by atoms with E-state index in [4.69, 9.17) is 4.42 Å². The molecule has 0 spiro atoms. The zero-order valence-corrected chi connectivity index (χ0v) is 11.6. The Balaban J connectivity index is 1.87. The molecule has 0 atom stereocenters. The van der Waals surface area contributed by atoms with Crippen molar-refractivity contribution in [1.82, 2.24) is 9.88 Å². The number of likely N-dealkylation sites (N-methyl/N-ethyl adjacent to an activating group) is 1. The Morgan fingerprint density at radius 2 is 2.20 bits per heavy atom. The van der Waals surface area contributed by atoms with Gasteiger partial charge in [-0.2, -0.15) is 0 Å². The summed E-state index contributed by atoms with van der Waals surface area (Å²) < 4.78 is 5.02. The minimum atomic E-state index is -0.287. The first-order valence-corrected chi connectivity index (χ1v) is 6.34. The summed E-state index contributed by atoms with van der Waals surface area (Å²) in [5, 5.41) is 5.91. The van der Waals surface area contributed by atoms with Crippen LogP contribution >= 0.6 is 0 Å². The Labute approximate surface area is 117 Å². The second-order valence-corrected chi connectivity index (χ2v) is 4.59. The van der Waals surface area contributed by atoms with Gasteiger partial charge >= 0.3 is 0 Å². The fraction of sp³-hybridized carbons (Fsp3) is 0.286. The standard InChI is InChI=1S/C14H18N4O2/c1-18(2)8-7-15-13-6-5-11(10-16-13)17-14(19)12-4-3-9-20-12/h3-6,9-10H,7-8H2,1-2H3,(H,15,16)(H,17,19). The molecule has 2 aromatic heterocycles. The van der Waals surface area contributed by atoms with Gasteiger partial charge < -0.3 is 20.0 Å². The second kappa shape index (κ2) is 6.72. The Kier molecular flexibility index (Phi) is 4.73. The third-order valence-electron chi connectivity index (χ3n) is 2.63. The van der Waals surface area contributed by atoms with Gasteiger partial charge in [0.2, 0.25) is 0 Å². The van der Waals surface area contributed by atoms with Crippen LogP contribution in [-0.4, -0.2) is 43.0 Å². The summed E-state index contributed by atoms with van der Waals surface area (Å²) in [6.45, 7) is 1.75. The van der Waals surface area contributed by atoms with E-state index >= 15 is 0 Å². The molecule has 6 heteroatoms. The molecule has 6 nitrogen and oxygen atoms in total. The lowest BCUT2D eigenvalue weighted by Gasteiger charge is -2.11. The fourth-order valence-corrected chi connectivity index (χ4v) is 1.58. The molecule has 0 saturated carbocycles. The summed E-state index contributed by atoms with van der Waals surface area (Å²) in [5.41, 5.74) is 0.629. The maximum Gasteiger partial charge on any atom is 0.291 e. The topological polar surface area (TPSA) is 70.4 Å². The molecule has 2 N–H and O–H groups in total. The number of nitrogens with zero attached hydrogens (tertiary/aromatic N) is 2. The molecule has 2 aromatic rings. The molecule has 0 aromatic carbocycles. The van der Waals surface area contributed by atoms with Gasteiger partial charge in [0, 0.05) is 13.1 Å². The maximum absolute atomic E-state index is 11.8. The molecule has 0 fully saturated rings. The number of aromatic nitrogens is 1. The van der Waals surface area contributed by atoms with Crippen molar-refractivity contribution < 1.29 is 9.21 Å². The number of hydrogen-bond donors (Lipinski definition) is 2. The van der Waals surface area contributed by atoms with Crippen molar-refractivity contribution in [2.45, 2.75) is 0 Å². The number of rotatable bonds is 6. The summed E-state index contributed by atoms with van der Waals surface area (Å²) >= 11 is 0. The summed E-state index contributed by atoms with van der Waals surface area (Å²) in [4.78, 5) is 18.1. The van der Waals surface area contributed by atoms with Crippen molar-refractivity contribution >= 4 is 17.4 Å². The third-order valence-corrected chi connectivity index (χ3v) is 2.63. The number of amides is 1. The highest BCUT2D eigenvalue weighted by Gasteiger charge is 2.08. The summed E-state index contributed by atoms with van der Waals surface area (Å²) in [7, 11) is 4.03. The van der Waals surface area contributed by atoms with Crippen LogP contribution < -0.4 is 10.6 Å². The molecule has 0 unspecified atom stereocenters.